The summed E-state index contributed by atoms with van der Waals surface area (Å²) >= 11 is 4.25. The van der Waals surface area contributed by atoms with E-state index in [4.69, 9.17) is 4.74 Å². The van der Waals surface area contributed by atoms with E-state index in [0.29, 0.717) is 18.3 Å². The summed E-state index contributed by atoms with van der Waals surface area (Å²) in [6, 6.07) is 5.38. The second-order valence-corrected chi connectivity index (χ2v) is 4.41. The Morgan fingerprint density at radius 3 is 2.81 bits per heavy atom. The van der Waals surface area contributed by atoms with Crippen LogP contribution in [0.15, 0.2) is 23.1 Å². The van der Waals surface area contributed by atoms with Crippen LogP contribution in [0.2, 0.25) is 0 Å². The Labute approximate surface area is 100 Å². The summed E-state index contributed by atoms with van der Waals surface area (Å²) in [5.74, 6) is -0.344. The molecule has 0 atom stereocenters. The zero-order valence-electron chi connectivity index (χ0n) is 9.10. The number of rotatable bonds is 4. The molecule has 0 aromatic heterocycles. The number of thiol groups is 1. The zero-order valence-corrected chi connectivity index (χ0v) is 10.00. The average molecular weight is 238 g/mol. The number of benzene rings is 1. The molecular weight excluding hydrogens is 224 g/mol. The molecule has 1 aromatic carbocycles. The van der Waals surface area contributed by atoms with Gasteiger partial charge in [-0.3, -0.25) is 0 Å². The van der Waals surface area contributed by atoms with Crippen molar-refractivity contribution in [2.45, 2.75) is 30.4 Å². The minimum atomic E-state index is -0.344. The molecule has 1 saturated carbocycles. The first-order chi connectivity index (χ1) is 7.69. The Hall–Kier alpha value is -1.00. The number of methoxy groups -OCH3 is 1. The van der Waals surface area contributed by atoms with E-state index in [0.717, 1.165) is 23.3 Å². The molecule has 1 aromatic rings. The molecule has 86 valence electrons. The largest absolute Gasteiger partial charge is 0.465 e. The number of carbonyl (C=O) groups is 1. The van der Waals surface area contributed by atoms with E-state index in [-0.39, 0.29) is 5.97 Å². The van der Waals surface area contributed by atoms with Gasteiger partial charge >= 0.3 is 5.97 Å². The lowest BCUT2D eigenvalue weighted by Gasteiger charge is -2.06. The molecule has 0 heterocycles. The first kappa shape index (κ1) is 11.5. The molecule has 0 spiro atoms. The molecule has 0 amide bonds. The van der Waals surface area contributed by atoms with Crippen molar-refractivity contribution in [2.24, 2.45) is 0 Å². The van der Waals surface area contributed by atoms with Crippen LogP contribution in [0.25, 0.3) is 0 Å². The van der Waals surface area contributed by atoms with Crippen LogP contribution >= 0.6 is 12.6 Å². The lowest BCUT2D eigenvalue weighted by Crippen LogP contribution is -2.03. The van der Waals surface area contributed by atoms with Crippen LogP contribution < -0.4 is 0 Å². The molecule has 1 aliphatic rings. The van der Waals surface area contributed by atoms with Gasteiger partial charge in [0.05, 0.1) is 25.4 Å². The van der Waals surface area contributed by atoms with E-state index in [1.807, 2.05) is 6.07 Å². The Morgan fingerprint density at radius 1 is 1.44 bits per heavy atom. The summed E-state index contributed by atoms with van der Waals surface area (Å²) < 4.78 is 10.2. The van der Waals surface area contributed by atoms with E-state index in [9.17, 15) is 4.79 Å². The van der Waals surface area contributed by atoms with Gasteiger partial charge in [0.25, 0.3) is 0 Å². The molecule has 2 rings (SSSR count). The van der Waals surface area contributed by atoms with Gasteiger partial charge in [0, 0.05) is 4.90 Å². The van der Waals surface area contributed by atoms with Gasteiger partial charge in [0.1, 0.15) is 0 Å². The third kappa shape index (κ3) is 3.00. The molecule has 3 nitrogen and oxygen atoms in total. The summed E-state index contributed by atoms with van der Waals surface area (Å²) in [5, 5.41) is 0. The van der Waals surface area contributed by atoms with E-state index < -0.39 is 0 Å². The van der Waals surface area contributed by atoms with E-state index in [1.165, 1.54) is 7.11 Å². The number of hydrogen-bond donors (Lipinski definition) is 1. The molecule has 0 unspecified atom stereocenters. The molecule has 0 N–H and O–H groups in total. The molecule has 0 saturated heterocycles. The van der Waals surface area contributed by atoms with E-state index >= 15 is 0 Å². The highest BCUT2D eigenvalue weighted by Gasteiger charge is 2.22. The Bertz CT molecular complexity index is 399. The molecule has 1 fully saturated rings. The molecule has 0 radical (unpaired) electrons. The van der Waals surface area contributed by atoms with Crippen molar-refractivity contribution in [3.8, 4) is 0 Å². The number of esters is 1. The standard InChI is InChI=1S/C12H14O3S/c1-14-12(13)9-4-8(5-11(16)6-9)7-15-10-2-3-10/h4-6,10,16H,2-3,7H2,1H3. The molecular formula is C12H14O3S. The maximum atomic E-state index is 11.4. The van der Waals surface area contributed by atoms with Crippen LogP contribution in [0.3, 0.4) is 0 Å². The second-order valence-electron chi connectivity index (χ2n) is 3.89. The van der Waals surface area contributed by atoms with Gasteiger partial charge in [0.2, 0.25) is 0 Å². The first-order valence-electron chi connectivity index (χ1n) is 5.22. The SMILES string of the molecule is COC(=O)c1cc(S)cc(COC2CC2)c1. The minimum Gasteiger partial charge on any atom is -0.465 e. The van der Waals surface area contributed by atoms with Crippen molar-refractivity contribution in [3.05, 3.63) is 29.3 Å². The summed E-state index contributed by atoms with van der Waals surface area (Å²) in [6.45, 7) is 0.531. The maximum Gasteiger partial charge on any atom is 0.337 e. The van der Waals surface area contributed by atoms with Crippen LogP contribution in [-0.4, -0.2) is 19.2 Å². The minimum absolute atomic E-state index is 0.344. The van der Waals surface area contributed by atoms with Crippen LogP contribution in [-0.2, 0) is 16.1 Å². The van der Waals surface area contributed by atoms with Gasteiger partial charge < -0.3 is 9.47 Å². The summed E-state index contributed by atoms with van der Waals surface area (Å²) in [5.41, 5.74) is 1.48. The topological polar surface area (TPSA) is 35.5 Å². The van der Waals surface area contributed by atoms with E-state index in [2.05, 4.69) is 17.4 Å². The highest BCUT2D eigenvalue weighted by atomic mass is 32.1. The zero-order chi connectivity index (χ0) is 11.5. The summed E-state index contributed by atoms with van der Waals surface area (Å²) in [4.78, 5) is 12.1. The fourth-order valence-electron chi connectivity index (χ4n) is 1.44. The van der Waals surface area contributed by atoms with Gasteiger partial charge in [-0.05, 0) is 36.6 Å². The molecule has 16 heavy (non-hydrogen) atoms. The van der Waals surface area contributed by atoms with Crippen molar-refractivity contribution in [1.82, 2.24) is 0 Å². The van der Waals surface area contributed by atoms with Crippen LogP contribution in [0.4, 0.5) is 0 Å². The van der Waals surface area contributed by atoms with Crippen LogP contribution in [0.1, 0.15) is 28.8 Å². The lowest BCUT2D eigenvalue weighted by atomic mass is 10.1. The average Bonchev–Trinajstić information content (AvgIpc) is 3.08. The fourth-order valence-corrected chi connectivity index (χ4v) is 1.75. The Morgan fingerprint density at radius 2 is 2.19 bits per heavy atom. The molecule has 0 bridgehead atoms. The first-order valence-corrected chi connectivity index (χ1v) is 5.66. The third-order valence-corrected chi connectivity index (χ3v) is 2.67. The van der Waals surface area contributed by atoms with Crippen molar-refractivity contribution in [3.63, 3.8) is 0 Å². The third-order valence-electron chi connectivity index (χ3n) is 2.41. The quantitative estimate of drug-likeness (QED) is 0.646. The van der Waals surface area contributed by atoms with Gasteiger partial charge in [-0.15, -0.1) is 12.6 Å². The van der Waals surface area contributed by atoms with Gasteiger partial charge in [-0.1, -0.05) is 0 Å². The number of ether oxygens (including phenoxy) is 2. The highest BCUT2D eigenvalue weighted by Crippen LogP contribution is 2.25. The molecule has 4 heteroatoms. The predicted octanol–water partition coefficient (Wildman–Crippen LogP) is 2.44. The van der Waals surface area contributed by atoms with E-state index in [1.54, 1.807) is 12.1 Å². The Balaban J connectivity index is 2.10. The monoisotopic (exact) mass is 238 g/mol. The summed E-state index contributed by atoms with van der Waals surface area (Å²) in [6.07, 6.45) is 2.69. The molecule has 0 aliphatic heterocycles. The van der Waals surface area contributed by atoms with Crippen molar-refractivity contribution in [1.29, 1.82) is 0 Å². The smallest absolute Gasteiger partial charge is 0.337 e. The van der Waals surface area contributed by atoms with Crippen LogP contribution in [0, 0.1) is 0 Å². The lowest BCUT2D eigenvalue weighted by molar-refractivity contribution is 0.0599. The van der Waals surface area contributed by atoms with Gasteiger partial charge in [-0.25, -0.2) is 4.79 Å². The van der Waals surface area contributed by atoms with Gasteiger partial charge in [-0.2, -0.15) is 0 Å². The predicted molar refractivity (Wildman–Crippen MR) is 62.8 cm³/mol. The highest BCUT2D eigenvalue weighted by molar-refractivity contribution is 7.80. The number of hydrogen-bond acceptors (Lipinski definition) is 4. The summed E-state index contributed by atoms with van der Waals surface area (Å²) in [7, 11) is 1.37. The maximum absolute atomic E-state index is 11.4. The molecule has 1 aliphatic carbocycles. The van der Waals surface area contributed by atoms with Crippen molar-refractivity contribution in [2.75, 3.05) is 7.11 Å². The van der Waals surface area contributed by atoms with Crippen molar-refractivity contribution >= 4 is 18.6 Å². The number of carbonyl (C=O) groups excluding carboxylic acids is 1. The normalized spacial score (nSPS) is 14.9. The van der Waals surface area contributed by atoms with Crippen molar-refractivity contribution < 1.29 is 14.3 Å². The van der Waals surface area contributed by atoms with Gasteiger partial charge in [0.15, 0.2) is 0 Å². The second kappa shape index (κ2) is 4.89. The Kier molecular flexibility index (Phi) is 3.51. The van der Waals surface area contributed by atoms with Crippen LogP contribution in [0.5, 0.6) is 0 Å². The fraction of sp³-hybridized carbons (Fsp3) is 0.417.